The minimum atomic E-state index is -0.808. The summed E-state index contributed by atoms with van der Waals surface area (Å²) in [5.41, 5.74) is 1.94. The summed E-state index contributed by atoms with van der Waals surface area (Å²) >= 11 is 0. The molecule has 0 heterocycles. The highest BCUT2D eigenvalue weighted by atomic mass is 32.2. The van der Waals surface area contributed by atoms with Crippen LogP contribution < -0.4 is 5.32 Å². The lowest BCUT2D eigenvalue weighted by Gasteiger charge is -2.13. The maximum Gasteiger partial charge on any atom is 0.310 e. The summed E-state index contributed by atoms with van der Waals surface area (Å²) in [6.07, 6.45) is 2.60. The first kappa shape index (κ1) is 16.9. The number of carboxylic acids is 1. The molecular weight excluding hydrogens is 274 g/mol. The first-order valence-corrected chi connectivity index (χ1v) is 8.48. The molecule has 5 heteroatoms. The van der Waals surface area contributed by atoms with Gasteiger partial charge in [0.25, 0.3) is 0 Å². The molecule has 0 spiro atoms. The lowest BCUT2D eigenvalue weighted by molar-refractivity contribution is -0.138. The average molecular weight is 297 g/mol. The first-order chi connectivity index (χ1) is 9.40. The molecule has 0 aromatic heterocycles. The van der Waals surface area contributed by atoms with Crippen LogP contribution in [-0.2, 0) is 22.1 Å². The number of benzene rings is 1. The molecule has 0 aliphatic heterocycles. The molecule has 3 atom stereocenters. The number of hydrogen-bond donors (Lipinski definition) is 2. The molecule has 20 heavy (non-hydrogen) atoms. The number of aliphatic carboxylic acids is 1. The third-order valence-electron chi connectivity index (χ3n) is 3.34. The van der Waals surface area contributed by atoms with Crippen LogP contribution in [0.2, 0.25) is 0 Å². The zero-order chi connectivity index (χ0) is 15.1. The van der Waals surface area contributed by atoms with Gasteiger partial charge < -0.3 is 10.4 Å². The van der Waals surface area contributed by atoms with Crippen molar-refractivity contribution in [2.45, 2.75) is 38.8 Å². The summed E-state index contributed by atoms with van der Waals surface area (Å²) in [5.74, 6) is -0.573. The van der Waals surface area contributed by atoms with Crippen molar-refractivity contribution in [3.8, 4) is 0 Å². The molecule has 4 nitrogen and oxygen atoms in total. The van der Waals surface area contributed by atoms with E-state index in [1.54, 1.807) is 13.2 Å². The van der Waals surface area contributed by atoms with Crippen LogP contribution in [0.25, 0.3) is 0 Å². The quantitative estimate of drug-likeness (QED) is 0.771. The smallest absolute Gasteiger partial charge is 0.310 e. The topological polar surface area (TPSA) is 66.4 Å². The second-order valence-electron chi connectivity index (χ2n) is 5.15. The van der Waals surface area contributed by atoms with Crippen molar-refractivity contribution in [2.75, 3.05) is 12.0 Å². The zero-order valence-corrected chi connectivity index (χ0v) is 13.1. The third-order valence-corrected chi connectivity index (χ3v) is 4.15. The average Bonchev–Trinajstić information content (AvgIpc) is 2.42. The van der Waals surface area contributed by atoms with Gasteiger partial charge in [0.2, 0.25) is 0 Å². The van der Waals surface area contributed by atoms with Gasteiger partial charge in [0.1, 0.15) is 0 Å². The molecule has 0 saturated carbocycles. The Kier molecular flexibility index (Phi) is 6.88. The van der Waals surface area contributed by atoms with E-state index in [1.807, 2.05) is 24.3 Å². The van der Waals surface area contributed by atoms with E-state index < -0.39 is 22.7 Å². The molecule has 2 N–H and O–H groups in total. The Balaban J connectivity index is 2.45. The molecule has 0 bridgehead atoms. The van der Waals surface area contributed by atoms with Gasteiger partial charge in [0.15, 0.2) is 0 Å². The molecule has 0 saturated heterocycles. The van der Waals surface area contributed by atoms with Gasteiger partial charge in [-0.05, 0) is 31.4 Å². The van der Waals surface area contributed by atoms with E-state index in [9.17, 15) is 9.00 Å². The molecule has 0 amide bonds. The highest BCUT2D eigenvalue weighted by Crippen LogP contribution is 2.16. The summed E-state index contributed by atoms with van der Waals surface area (Å²) in [5, 5.41) is 12.3. The van der Waals surface area contributed by atoms with Gasteiger partial charge >= 0.3 is 5.97 Å². The van der Waals surface area contributed by atoms with Crippen LogP contribution in [0.1, 0.15) is 37.3 Å². The zero-order valence-electron chi connectivity index (χ0n) is 12.3. The molecule has 112 valence electrons. The molecule has 0 radical (unpaired) electrons. The molecular formula is C15H23NO3S. The number of rotatable bonds is 8. The molecule has 1 aromatic rings. The lowest BCUT2D eigenvalue weighted by Crippen LogP contribution is -2.27. The summed E-state index contributed by atoms with van der Waals surface area (Å²) in [7, 11) is -0.743. The summed E-state index contributed by atoms with van der Waals surface area (Å²) in [6.45, 7) is 4.50. The number of nitrogens with one attached hydrogen (secondary N) is 1. The Hall–Kier alpha value is -1.20. The van der Waals surface area contributed by atoms with Crippen molar-refractivity contribution >= 4 is 16.8 Å². The van der Waals surface area contributed by atoms with E-state index in [4.69, 9.17) is 5.11 Å². The Labute approximate surface area is 123 Å². The Morgan fingerprint density at radius 3 is 2.40 bits per heavy atom. The van der Waals surface area contributed by atoms with E-state index in [-0.39, 0.29) is 0 Å². The Bertz CT molecular complexity index is 459. The van der Waals surface area contributed by atoms with Gasteiger partial charge in [0, 0.05) is 35.4 Å². The highest BCUT2D eigenvalue weighted by molar-refractivity contribution is 7.84. The summed E-state index contributed by atoms with van der Waals surface area (Å²) < 4.78 is 11.0. The number of hydrogen-bond acceptors (Lipinski definition) is 3. The standard InChI is InChI=1S/C15H23NO3S/c1-11(8-9-20(3)19)16-10-13-4-6-14(7-5-13)12(2)15(17)18/h4-7,11-12,16H,8-10H2,1-3H3,(H,17,18). The van der Waals surface area contributed by atoms with Gasteiger partial charge in [-0.15, -0.1) is 0 Å². The van der Waals surface area contributed by atoms with Crippen molar-refractivity contribution in [3.63, 3.8) is 0 Å². The van der Waals surface area contributed by atoms with Crippen LogP contribution in [-0.4, -0.2) is 33.3 Å². The van der Waals surface area contributed by atoms with Crippen LogP contribution in [0.3, 0.4) is 0 Å². The molecule has 0 aliphatic rings. The van der Waals surface area contributed by atoms with Crippen LogP contribution in [0, 0.1) is 0 Å². The van der Waals surface area contributed by atoms with Crippen molar-refractivity contribution < 1.29 is 14.1 Å². The van der Waals surface area contributed by atoms with Crippen molar-refractivity contribution in [2.24, 2.45) is 0 Å². The van der Waals surface area contributed by atoms with Crippen LogP contribution in [0.4, 0.5) is 0 Å². The number of carboxylic acid groups (broad SMARTS) is 1. The predicted molar refractivity (Wildman–Crippen MR) is 82.3 cm³/mol. The molecule has 3 unspecified atom stereocenters. The van der Waals surface area contributed by atoms with Gasteiger partial charge in [-0.25, -0.2) is 0 Å². The van der Waals surface area contributed by atoms with E-state index in [1.165, 1.54) is 0 Å². The van der Waals surface area contributed by atoms with Gasteiger partial charge in [-0.1, -0.05) is 24.3 Å². The fourth-order valence-electron chi connectivity index (χ4n) is 1.80. The second-order valence-corrected chi connectivity index (χ2v) is 6.70. The predicted octanol–water partition coefficient (Wildman–Crippen LogP) is 2.12. The Morgan fingerprint density at radius 1 is 1.30 bits per heavy atom. The maximum atomic E-state index is 11.0. The Morgan fingerprint density at radius 2 is 1.90 bits per heavy atom. The molecule has 0 aliphatic carbocycles. The number of carbonyl (C=O) groups is 1. The lowest BCUT2D eigenvalue weighted by atomic mass is 10.00. The second kappa shape index (κ2) is 8.17. The van der Waals surface area contributed by atoms with Gasteiger partial charge in [0.05, 0.1) is 5.92 Å². The van der Waals surface area contributed by atoms with E-state index in [0.29, 0.717) is 11.8 Å². The maximum absolute atomic E-state index is 11.0. The SMILES string of the molecule is CC(CCS(C)=O)NCc1ccc(C(C)C(=O)O)cc1. The van der Waals surface area contributed by atoms with Gasteiger partial charge in [-0.2, -0.15) is 0 Å². The summed E-state index contributed by atoms with van der Waals surface area (Å²) in [6, 6.07) is 7.94. The molecule has 0 fully saturated rings. The van der Waals surface area contributed by atoms with Crippen LogP contribution >= 0.6 is 0 Å². The fourth-order valence-corrected chi connectivity index (χ4v) is 2.49. The van der Waals surface area contributed by atoms with Crippen molar-refractivity contribution in [1.82, 2.24) is 5.32 Å². The fraction of sp³-hybridized carbons (Fsp3) is 0.533. The monoisotopic (exact) mass is 297 g/mol. The molecule has 1 rings (SSSR count). The van der Waals surface area contributed by atoms with E-state index in [2.05, 4.69) is 12.2 Å². The normalized spacial score (nSPS) is 15.6. The summed E-state index contributed by atoms with van der Waals surface area (Å²) in [4.78, 5) is 10.9. The van der Waals surface area contributed by atoms with Crippen molar-refractivity contribution in [3.05, 3.63) is 35.4 Å². The largest absolute Gasteiger partial charge is 0.481 e. The minimum absolute atomic E-state index is 0.316. The van der Waals surface area contributed by atoms with Gasteiger partial charge in [-0.3, -0.25) is 9.00 Å². The van der Waals surface area contributed by atoms with Crippen LogP contribution in [0.15, 0.2) is 24.3 Å². The molecule has 1 aromatic carbocycles. The van der Waals surface area contributed by atoms with E-state index in [0.717, 1.165) is 24.1 Å². The van der Waals surface area contributed by atoms with Crippen LogP contribution in [0.5, 0.6) is 0 Å². The first-order valence-electron chi connectivity index (χ1n) is 6.75. The highest BCUT2D eigenvalue weighted by Gasteiger charge is 2.13. The third kappa shape index (κ3) is 5.84. The van der Waals surface area contributed by atoms with E-state index >= 15 is 0 Å². The minimum Gasteiger partial charge on any atom is -0.481 e. The van der Waals surface area contributed by atoms with Crippen molar-refractivity contribution in [1.29, 1.82) is 0 Å².